The highest BCUT2D eigenvalue weighted by atomic mass is 32.2. The first kappa shape index (κ1) is 14.2. The minimum absolute atomic E-state index is 0.450. The molecule has 0 bridgehead atoms. The van der Waals surface area contributed by atoms with Gasteiger partial charge >= 0.3 is 5.97 Å². The summed E-state index contributed by atoms with van der Waals surface area (Å²) >= 11 is 2.87. The lowest BCUT2D eigenvalue weighted by molar-refractivity contribution is -0.138. The number of thioether (sulfide) groups is 1. The van der Waals surface area contributed by atoms with Crippen LogP contribution in [0.1, 0.15) is 6.92 Å². The minimum atomic E-state index is -0.836. The van der Waals surface area contributed by atoms with E-state index in [0.29, 0.717) is 12.3 Å². The van der Waals surface area contributed by atoms with Crippen LogP contribution in [-0.4, -0.2) is 53.7 Å². The smallest absolute Gasteiger partial charge is 0.321 e. The molecule has 0 aliphatic rings. The van der Waals surface area contributed by atoms with Crippen LogP contribution in [0.25, 0.3) is 0 Å². The molecule has 96 valence electrons. The highest BCUT2D eigenvalue weighted by molar-refractivity contribution is 8.01. The summed E-state index contributed by atoms with van der Waals surface area (Å²) in [5, 5.41) is 20.7. The van der Waals surface area contributed by atoms with E-state index >= 15 is 0 Å². The molecular weight excluding hydrogens is 260 g/mol. The second-order valence-corrected chi connectivity index (χ2v) is 5.73. The zero-order valence-corrected chi connectivity index (χ0v) is 11.6. The van der Waals surface area contributed by atoms with Gasteiger partial charge < -0.3 is 15.3 Å². The first-order valence-electron chi connectivity index (χ1n) is 5.14. The van der Waals surface area contributed by atoms with Crippen LogP contribution < -0.4 is 10.2 Å². The zero-order chi connectivity index (χ0) is 12.8. The van der Waals surface area contributed by atoms with Crippen LogP contribution in [0.5, 0.6) is 0 Å². The van der Waals surface area contributed by atoms with Crippen molar-refractivity contribution in [2.24, 2.45) is 0 Å². The number of carboxylic acids is 1. The molecule has 1 unspecified atom stereocenters. The van der Waals surface area contributed by atoms with Gasteiger partial charge in [-0.3, -0.25) is 4.79 Å². The van der Waals surface area contributed by atoms with Crippen LogP contribution in [0, 0.1) is 0 Å². The van der Waals surface area contributed by atoms with E-state index in [4.69, 9.17) is 5.11 Å². The molecule has 0 radical (unpaired) electrons. The molecule has 6 nitrogen and oxygen atoms in total. The van der Waals surface area contributed by atoms with Gasteiger partial charge in [-0.25, -0.2) is 0 Å². The van der Waals surface area contributed by atoms with Gasteiger partial charge in [0.1, 0.15) is 6.04 Å². The summed E-state index contributed by atoms with van der Waals surface area (Å²) in [6, 6.07) is -0.545. The summed E-state index contributed by atoms with van der Waals surface area (Å²) in [4.78, 5) is 12.8. The third-order valence-electron chi connectivity index (χ3n) is 1.90. The molecule has 1 aromatic heterocycles. The zero-order valence-electron chi connectivity index (χ0n) is 10.0. The highest BCUT2D eigenvalue weighted by Crippen LogP contribution is 2.27. The number of hydrogen-bond acceptors (Lipinski definition) is 7. The van der Waals surface area contributed by atoms with E-state index in [1.807, 2.05) is 25.9 Å². The monoisotopic (exact) mass is 276 g/mol. The van der Waals surface area contributed by atoms with Gasteiger partial charge in [-0.2, -0.15) is 0 Å². The van der Waals surface area contributed by atoms with Crippen LogP contribution in [0.15, 0.2) is 4.34 Å². The maximum atomic E-state index is 10.9. The summed E-state index contributed by atoms with van der Waals surface area (Å²) in [5.41, 5.74) is 0. The number of nitrogens with zero attached hydrogens (tertiary/aromatic N) is 3. The molecule has 1 rings (SSSR count). The molecule has 2 N–H and O–H groups in total. The minimum Gasteiger partial charge on any atom is -0.480 e. The largest absolute Gasteiger partial charge is 0.480 e. The van der Waals surface area contributed by atoms with Gasteiger partial charge in [-0.15, -0.1) is 10.2 Å². The number of aromatic nitrogens is 2. The molecule has 17 heavy (non-hydrogen) atoms. The summed E-state index contributed by atoms with van der Waals surface area (Å²) in [7, 11) is 3.79. The fraction of sp³-hybridized carbons (Fsp3) is 0.667. The molecule has 1 heterocycles. The van der Waals surface area contributed by atoms with Gasteiger partial charge in [-0.1, -0.05) is 30.0 Å². The molecule has 0 saturated carbocycles. The molecule has 0 fully saturated rings. The molecule has 0 aromatic carbocycles. The predicted octanol–water partition coefficient (Wildman–Crippen LogP) is 0.759. The number of anilines is 1. The Labute approximate surface area is 108 Å². The number of carbonyl (C=O) groups is 1. The Kier molecular flexibility index (Phi) is 5.66. The normalized spacial score (nSPS) is 12.4. The van der Waals surface area contributed by atoms with Crippen LogP contribution in [-0.2, 0) is 4.79 Å². The van der Waals surface area contributed by atoms with Crippen molar-refractivity contribution in [1.82, 2.24) is 15.5 Å². The van der Waals surface area contributed by atoms with E-state index < -0.39 is 12.0 Å². The molecule has 0 saturated heterocycles. The fourth-order valence-corrected chi connectivity index (χ4v) is 2.89. The number of likely N-dealkylation sites (N-methyl/N-ethyl adjacent to an activating group) is 1. The maximum Gasteiger partial charge on any atom is 0.321 e. The molecule has 8 heteroatoms. The molecular formula is C9H16N4O2S2. The van der Waals surface area contributed by atoms with Gasteiger partial charge in [0.05, 0.1) is 0 Å². The highest BCUT2D eigenvalue weighted by Gasteiger charge is 2.17. The Hall–Kier alpha value is -0.860. The van der Waals surface area contributed by atoms with Gasteiger partial charge in [-0.05, 0) is 6.54 Å². The SMILES string of the molecule is CCNC(CSc1nnc(N(C)C)s1)C(=O)O. The van der Waals surface area contributed by atoms with Gasteiger partial charge in [0, 0.05) is 19.8 Å². The van der Waals surface area contributed by atoms with Gasteiger partial charge in [0.15, 0.2) is 4.34 Å². The Morgan fingerprint density at radius 2 is 2.29 bits per heavy atom. The summed E-state index contributed by atoms with van der Waals surface area (Å²) in [5.74, 6) is -0.387. The first-order chi connectivity index (χ1) is 8.04. The Morgan fingerprint density at radius 3 is 2.76 bits per heavy atom. The van der Waals surface area contributed by atoms with Crippen LogP contribution in [0.3, 0.4) is 0 Å². The number of carboxylic acid groups (broad SMARTS) is 1. The molecule has 0 spiro atoms. The quantitative estimate of drug-likeness (QED) is 0.712. The molecule has 1 atom stereocenters. The lowest BCUT2D eigenvalue weighted by atomic mass is 10.3. The van der Waals surface area contributed by atoms with Crippen molar-refractivity contribution in [1.29, 1.82) is 0 Å². The van der Waals surface area contributed by atoms with Crippen LogP contribution in [0.2, 0.25) is 0 Å². The van der Waals surface area contributed by atoms with E-state index in [0.717, 1.165) is 9.47 Å². The topological polar surface area (TPSA) is 78.4 Å². The van der Waals surface area contributed by atoms with Crippen molar-refractivity contribution >= 4 is 34.2 Å². The Bertz CT molecular complexity index is 370. The van der Waals surface area contributed by atoms with E-state index in [1.165, 1.54) is 23.1 Å². The molecule has 0 amide bonds. The number of aliphatic carboxylic acids is 1. The molecule has 0 aliphatic carbocycles. The third kappa shape index (κ3) is 4.49. The summed E-state index contributed by atoms with van der Waals surface area (Å²) < 4.78 is 0.790. The van der Waals surface area contributed by atoms with Crippen molar-refractivity contribution < 1.29 is 9.90 Å². The van der Waals surface area contributed by atoms with E-state index in [2.05, 4.69) is 15.5 Å². The van der Waals surface area contributed by atoms with Crippen LogP contribution in [0.4, 0.5) is 5.13 Å². The summed E-state index contributed by atoms with van der Waals surface area (Å²) in [6.45, 7) is 2.52. The van der Waals surface area contributed by atoms with Gasteiger partial charge in [0.25, 0.3) is 0 Å². The number of hydrogen-bond donors (Lipinski definition) is 2. The Morgan fingerprint density at radius 1 is 1.59 bits per heavy atom. The lowest BCUT2D eigenvalue weighted by Crippen LogP contribution is -2.38. The number of nitrogens with one attached hydrogen (secondary N) is 1. The molecule has 0 aliphatic heterocycles. The maximum absolute atomic E-state index is 10.9. The molecule has 1 aromatic rings. The van der Waals surface area contributed by atoms with E-state index in [1.54, 1.807) is 0 Å². The van der Waals surface area contributed by atoms with Crippen molar-refractivity contribution in [2.45, 2.75) is 17.3 Å². The number of rotatable bonds is 7. The van der Waals surface area contributed by atoms with Crippen molar-refractivity contribution in [3.8, 4) is 0 Å². The fourth-order valence-electron chi connectivity index (χ4n) is 1.06. The third-order valence-corrected chi connectivity index (χ3v) is 4.22. The average Bonchev–Trinajstić information content (AvgIpc) is 2.72. The van der Waals surface area contributed by atoms with Crippen LogP contribution >= 0.6 is 23.1 Å². The average molecular weight is 276 g/mol. The second-order valence-electron chi connectivity index (χ2n) is 3.50. The first-order valence-corrected chi connectivity index (χ1v) is 6.94. The Balaban J connectivity index is 2.50. The lowest BCUT2D eigenvalue weighted by Gasteiger charge is -2.10. The van der Waals surface area contributed by atoms with Crippen molar-refractivity contribution in [2.75, 3.05) is 31.3 Å². The van der Waals surface area contributed by atoms with Gasteiger partial charge in [0.2, 0.25) is 5.13 Å². The van der Waals surface area contributed by atoms with E-state index in [9.17, 15) is 4.79 Å². The summed E-state index contributed by atoms with van der Waals surface area (Å²) in [6.07, 6.45) is 0. The second kappa shape index (κ2) is 6.77. The van der Waals surface area contributed by atoms with Crippen molar-refractivity contribution in [3.63, 3.8) is 0 Å². The predicted molar refractivity (Wildman–Crippen MR) is 70.1 cm³/mol. The standard InChI is InChI=1S/C9H16N4O2S2/c1-4-10-6(7(14)15)5-16-9-12-11-8(17-9)13(2)3/h6,10H,4-5H2,1-3H3,(H,14,15). The van der Waals surface area contributed by atoms with E-state index in [-0.39, 0.29) is 0 Å². The van der Waals surface area contributed by atoms with Crippen molar-refractivity contribution in [3.05, 3.63) is 0 Å².